The summed E-state index contributed by atoms with van der Waals surface area (Å²) in [5, 5.41) is 0. The molecule has 0 radical (unpaired) electrons. The number of fused-ring (bicyclic) bond motifs is 2. The van der Waals surface area contributed by atoms with Crippen LogP contribution < -0.4 is 9.80 Å². The quantitative estimate of drug-likeness (QED) is 0.0331. The molecule has 18 rings (SSSR count). The van der Waals surface area contributed by atoms with Crippen molar-refractivity contribution >= 4 is 137 Å². The Morgan fingerprint density at radius 3 is 0.708 bits per heavy atom. The van der Waals surface area contributed by atoms with E-state index in [1.165, 1.54) is 90.3 Å². The summed E-state index contributed by atoms with van der Waals surface area (Å²) in [5.41, 5.74) is 18.4. The van der Waals surface area contributed by atoms with Crippen LogP contribution in [0.5, 0.6) is 0 Å². The van der Waals surface area contributed by atoms with Crippen molar-refractivity contribution in [3.05, 3.63) is 220 Å². The van der Waals surface area contributed by atoms with Gasteiger partial charge in [0.05, 0.1) is 237 Å². The van der Waals surface area contributed by atoms with Crippen LogP contribution in [0.4, 0.5) is 11.4 Å². The Morgan fingerprint density at radius 1 is 0.315 bits per heavy atom. The molecular formula is C98H150Cl5IN11O9P3Ru2S+2. The number of hydrogen-bond donors (Lipinski definition) is 0. The molecule has 6 aromatic rings. The Hall–Kier alpha value is -1.51. The van der Waals surface area contributed by atoms with Gasteiger partial charge in [-0.3, -0.25) is 0 Å². The number of ether oxygens (including phenoxy) is 9. The molecule has 0 amide bonds. The molecule has 0 saturated carbocycles. The number of nitrogens with zero attached hydrogens (tertiary/aromatic N) is 11. The summed E-state index contributed by atoms with van der Waals surface area (Å²) in [5.74, 6) is 3.35. The molecule has 6 aromatic carbocycles. The van der Waals surface area contributed by atoms with Gasteiger partial charge in [0.1, 0.15) is 0 Å². The number of para-hydroxylation sites is 2. The van der Waals surface area contributed by atoms with Gasteiger partial charge in [-0.25, -0.2) is 0 Å². The van der Waals surface area contributed by atoms with Gasteiger partial charge in [-0.05, 0) is 73.6 Å². The summed E-state index contributed by atoms with van der Waals surface area (Å²) < 4.78 is 75.8. The van der Waals surface area contributed by atoms with Crippen molar-refractivity contribution in [1.82, 2.24) is 42.0 Å². The molecular weight excluding hydrogens is 2110 g/mol. The maximum absolute atomic E-state index is 6.19. The molecule has 32 heteroatoms. The Balaban J connectivity index is 0.000000174. The van der Waals surface area contributed by atoms with Crippen LogP contribution in [0.1, 0.15) is 163 Å². The summed E-state index contributed by atoms with van der Waals surface area (Å²) in [4.78, 5) is 5.01. The average Bonchev–Trinajstić information content (AvgIpc) is 1.66. The molecule has 10 aliphatic heterocycles. The van der Waals surface area contributed by atoms with Crippen molar-refractivity contribution in [2.45, 2.75) is 107 Å². The molecule has 0 unspecified atom stereocenters. The van der Waals surface area contributed by atoms with Gasteiger partial charge >= 0.3 is 240 Å². The van der Waals surface area contributed by atoms with Crippen molar-refractivity contribution in [3.63, 3.8) is 0 Å². The molecule has 0 atom stereocenters. The van der Waals surface area contributed by atoms with E-state index in [1.807, 2.05) is 57.5 Å². The van der Waals surface area contributed by atoms with Crippen molar-refractivity contribution in [3.8, 4) is 0 Å². The molecule has 12 aliphatic rings. The van der Waals surface area contributed by atoms with Crippen LogP contribution >= 0.6 is 106 Å². The van der Waals surface area contributed by atoms with Crippen LogP contribution in [0.3, 0.4) is 0 Å². The van der Waals surface area contributed by atoms with E-state index >= 15 is 0 Å². The van der Waals surface area contributed by atoms with Gasteiger partial charge in [-0.2, -0.15) is 6.67 Å². The summed E-state index contributed by atoms with van der Waals surface area (Å²) in [7, 11) is 24.3. The summed E-state index contributed by atoms with van der Waals surface area (Å²) >= 11 is -1.46. The first kappa shape index (κ1) is 112. The van der Waals surface area contributed by atoms with Crippen molar-refractivity contribution in [1.29, 1.82) is 0 Å². The van der Waals surface area contributed by atoms with Gasteiger partial charge < -0.3 is 52.4 Å². The number of benzene rings is 6. The van der Waals surface area contributed by atoms with E-state index in [0.29, 0.717) is 23.7 Å². The number of anilines is 2. The van der Waals surface area contributed by atoms with E-state index in [-0.39, 0.29) is 27.3 Å². The second-order valence-corrected chi connectivity index (χ2v) is 55.4. The third-order valence-corrected chi connectivity index (χ3v) is 41.2. The van der Waals surface area contributed by atoms with Crippen LogP contribution in [-0.2, 0) is 69.7 Å². The molecule has 728 valence electrons. The number of rotatable bonds is 19. The first-order valence-corrected chi connectivity index (χ1v) is 64.2. The fourth-order valence-corrected chi connectivity index (χ4v) is 32.9. The Labute approximate surface area is 833 Å². The van der Waals surface area contributed by atoms with Crippen LogP contribution in [0.2, 0.25) is 0 Å². The molecule has 0 bridgehead atoms. The monoisotopic (exact) mass is 2260 g/mol. The van der Waals surface area contributed by atoms with Gasteiger partial charge in [0, 0.05) is 30.2 Å². The van der Waals surface area contributed by atoms with Crippen LogP contribution in [0.25, 0.3) is 11.1 Å². The third-order valence-electron chi connectivity index (χ3n) is 24.0. The number of morpholine rings is 9. The number of allylic oxidation sites excluding steroid dienone is 2. The van der Waals surface area contributed by atoms with E-state index in [2.05, 4.69) is 251 Å². The van der Waals surface area contributed by atoms with E-state index in [9.17, 15) is 0 Å². The van der Waals surface area contributed by atoms with E-state index < -0.39 is 52.2 Å². The molecule has 20 nitrogen and oxygen atoms in total. The third kappa shape index (κ3) is 32.5. The summed E-state index contributed by atoms with van der Waals surface area (Å²) in [6, 6.07) is 51.0. The minimum absolute atomic E-state index is 0. The Morgan fingerprint density at radius 2 is 0.523 bits per heavy atom. The summed E-state index contributed by atoms with van der Waals surface area (Å²) in [6.07, 6.45) is 5.60. The van der Waals surface area contributed by atoms with E-state index in [1.54, 1.807) is 0 Å². The van der Waals surface area contributed by atoms with Gasteiger partial charge in [0.2, 0.25) is 25.1 Å². The zero-order valence-electron chi connectivity index (χ0n) is 76.7. The molecule has 0 aromatic heterocycles. The predicted octanol–water partition coefficient (Wildman–Crippen LogP) is 20.8. The van der Waals surface area contributed by atoms with Crippen LogP contribution in [0.15, 0.2) is 158 Å². The minimum atomic E-state index is -1.88. The number of halogens is 6. The number of hydrogen-bond acceptors (Lipinski definition) is 21. The second-order valence-electron chi connectivity index (χ2n) is 33.8. The fourth-order valence-electron chi connectivity index (χ4n) is 17.6. The van der Waals surface area contributed by atoms with Gasteiger partial charge in [-0.1, -0.05) is 122 Å². The molecule has 130 heavy (non-hydrogen) atoms. The zero-order chi connectivity index (χ0) is 89.2. The molecule has 0 spiro atoms. The fraction of sp³-hybridized carbons (Fsp3) is 0.561. The predicted molar refractivity (Wildman–Crippen MR) is 564 cm³/mol. The van der Waals surface area contributed by atoms with Gasteiger partial charge in [-0.15, -0.1) is 54.4 Å². The topological polar surface area (TPSA) is 119 Å². The van der Waals surface area contributed by atoms with Crippen LogP contribution in [-0.4, -0.2) is 306 Å². The van der Waals surface area contributed by atoms with E-state index in [0.717, 1.165) is 258 Å². The first-order valence-electron chi connectivity index (χ1n) is 45.9. The van der Waals surface area contributed by atoms with Crippen molar-refractivity contribution in [2.24, 2.45) is 0 Å². The molecule has 0 N–H and O–H groups in total. The van der Waals surface area contributed by atoms with Crippen LogP contribution in [0, 0.1) is 6.67 Å². The Kier molecular flexibility index (Phi) is 52.2. The molecule has 10 saturated heterocycles. The Bertz CT molecular complexity index is 3880. The van der Waals surface area contributed by atoms with Gasteiger partial charge in [0.25, 0.3) is 0 Å². The summed E-state index contributed by atoms with van der Waals surface area (Å²) in [6.45, 7) is 60.2. The first-order chi connectivity index (χ1) is 62.0. The standard InChI is InChI=1S/C27H39N2.2C15H10.3C12H24N3O3P.C3H7IS.2CH4.5ClH.2Ru/c1-18(2)22-11-9-12-23(19(3)4)26(22)28-15-16-29(17-28)27-24(20(5)6)13-10-14-25(27)21(7)8;2*1-2-6-12(7-3-1)15-11-10-13-8-4-5-9-14(13)15;3*1-7-16-8-2-13(1)19(14-3-9-17-10-4-14)15-5-11-18-12-6-15;1-2-3-5-4;;;;;;;;;/h9-14,17-21H,15-16H2,1-8H3;2*1-9,11H;3*1-12H2;2-3H2,1H3;2*1H4;5*1H;;/q-1;;;;;;;;;;;;;;2*+2/p-1. The van der Waals surface area contributed by atoms with Crippen molar-refractivity contribution in [2.75, 3.05) is 265 Å². The normalized spacial score (nSPS) is 20.3. The van der Waals surface area contributed by atoms with Crippen molar-refractivity contribution < 1.29 is 69.7 Å². The second kappa shape index (κ2) is 60.6. The van der Waals surface area contributed by atoms with Gasteiger partial charge in [0.15, 0.2) is 0 Å². The average molecular weight is 2260 g/mol. The maximum atomic E-state index is 6.19. The molecule has 10 fully saturated rings. The van der Waals surface area contributed by atoms with E-state index in [4.69, 9.17) is 81.4 Å². The molecule has 10 heterocycles. The SMILES string of the molecule is C.C.C1CN([PH+](N2CCOCC2)N2CCOCC2)CCO1.C1CN([PH+](N2CCOCC2)N2CCOCC2)CCO1.C1CN([PH+](N2CCOCC2)N2CCOCC2)CCO1.CC(C)c1cccc(C(C)C)c1N1[CH-]N(c2c(C(C)C)cccc2C(C)C)CC1.CCCSI.Cl.[Cl][Ru]([Cl])=[C]1C=C(c2ccccc2)c2ccccc21.[Cl][Ru]([Cl])=[C]1C=C(c2ccccc2)c2ccccc21. The zero-order valence-corrected chi connectivity index (χ0v) is 90.0. The molecule has 2 aliphatic carbocycles.